The Morgan fingerprint density at radius 1 is 1.39 bits per heavy atom. The molecule has 0 saturated carbocycles. The van der Waals surface area contributed by atoms with Crippen LogP contribution in [-0.2, 0) is 4.79 Å². The summed E-state index contributed by atoms with van der Waals surface area (Å²) in [6.45, 7) is 10.3. The zero-order valence-electron chi connectivity index (χ0n) is 17.2. The van der Waals surface area contributed by atoms with Gasteiger partial charge in [0.05, 0.1) is 6.54 Å². The van der Waals surface area contributed by atoms with E-state index in [-0.39, 0.29) is 41.4 Å². The molecule has 2 saturated heterocycles. The molecule has 1 spiro atoms. The molecular formula is C21H33IN4O2. The fourth-order valence-electron chi connectivity index (χ4n) is 3.96. The number of hydrogen-bond donors (Lipinski definition) is 2. The molecule has 0 aromatic heterocycles. The van der Waals surface area contributed by atoms with Gasteiger partial charge in [-0.2, -0.15) is 0 Å². The molecule has 1 aromatic rings. The number of carbonyl (C=O) groups is 1. The van der Waals surface area contributed by atoms with Gasteiger partial charge in [-0.3, -0.25) is 4.79 Å². The summed E-state index contributed by atoms with van der Waals surface area (Å²) in [5, 5.41) is 6.42. The molecule has 2 atom stereocenters. The Morgan fingerprint density at radius 3 is 2.79 bits per heavy atom. The van der Waals surface area contributed by atoms with Crippen molar-refractivity contribution >= 4 is 35.8 Å². The first-order valence-corrected chi connectivity index (χ1v) is 10.0. The van der Waals surface area contributed by atoms with Crippen LogP contribution in [0.2, 0.25) is 0 Å². The van der Waals surface area contributed by atoms with E-state index in [1.54, 1.807) is 0 Å². The summed E-state index contributed by atoms with van der Waals surface area (Å²) >= 11 is 0. The largest absolute Gasteiger partial charge is 0.489 e. The molecule has 3 rings (SSSR count). The number of aliphatic imine (C=N–C) groups is 1. The fourth-order valence-corrected chi connectivity index (χ4v) is 3.96. The Morgan fingerprint density at radius 2 is 2.14 bits per heavy atom. The molecule has 0 bridgehead atoms. The van der Waals surface area contributed by atoms with Crippen LogP contribution in [0, 0.1) is 12.3 Å². The highest BCUT2D eigenvalue weighted by Gasteiger charge is 2.42. The molecule has 1 amide bonds. The van der Waals surface area contributed by atoms with Gasteiger partial charge in [-0.05, 0) is 45.7 Å². The van der Waals surface area contributed by atoms with Crippen LogP contribution in [0.25, 0.3) is 0 Å². The lowest BCUT2D eigenvalue weighted by molar-refractivity contribution is -0.119. The molecule has 6 nitrogen and oxygen atoms in total. The minimum Gasteiger partial charge on any atom is -0.489 e. The van der Waals surface area contributed by atoms with Crippen LogP contribution < -0.4 is 15.4 Å². The van der Waals surface area contributed by atoms with Gasteiger partial charge in [0, 0.05) is 38.0 Å². The second-order valence-electron chi connectivity index (χ2n) is 7.91. The molecule has 2 N–H and O–H groups in total. The van der Waals surface area contributed by atoms with Gasteiger partial charge >= 0.3 is 0 Å². The van der Waals surface area contributed by atoms with Crippen molar-refractivity contribution in [1.29, 1.82) is 0 Å². The molecule has 2 heterocycles. The first-order chi connectivity index (χ1) is 13.0. The average molecular weight is 500 g/mol. The van der Waals surface area contributed by atoms with Crippen LogP contribution in [0.1, 0.15) is 38.7 Å². The summed E-state index contributed by atoms with van der Waals surface area (Å²) < 4.78 is 5.98. The Hall–Kier alpha value is -1.51. The van der Waals surface area contributed by atoms with E-state index in [2.05, 4.69) is 41.5 Å². The average Bonchev–Trinajstić information content (AvgIpc) is 3.00. The van der Waals surface area contributed by atoms with Gasteiger partial charge in [0.2, 0.25) is 5.91 Å². The van der Waals surface area contributed by atoms with Crippen molar-refractivity contribution in [1.82, 2.24) is 15.5 Å². The number of halogens is 1. The van der Waals surface area contributed by atoms with Crippen molar-refractivity contribution in [2.24, 2.45) is 10.4 Å². The summed E-state index contributed by atoms with van der Waals surface area (Å²) in [5.74, 6) is 1.98. The quantitative estimate of drug-likeness (QED) is 0.371. The summed E-state index contributed by atoms with van der Waals surface area (Å²) in [6, 6.07) is 8.11. The number of carbonyl (C=O) groups excluding carboxylic acids is 1. The van der Waals surface area contributed by atoms with Crippen LogP contribution >= 0.6 is 24.0 Å². The lowest BCUT2D eigenvalue weighted by atomic mass is 9.79. The Bertz CT molecular complexity index is 679. The van der Waals surface area contributed by atoms with Crippen molar-refractivity contribution < 1.29 is 9.53 Å². The maximum absolute atomic E-state index is 11.7. The van der Waals surface area contributed by atoms with Gasteiger partial charge in [-0.25, -0.2) is 4.99 Å². The number of aryl methyl sites for hydroxylation is 1. The second kappa shape index (κ2) is 10.3. The number of amides is 1. The van der Waals surface area contributed by atoms with Crippen molar-refractivity contribution in [3.63, 3.8) is 0 Å². The summed E-state index contributed by atoms with van der Waals surface area (Å²) in [4.78, 5) is 18.9. The van der Waals surface area contributed by atoms with Crippen molar-refractivity contribution in [2.75, 3.05) is 32.7 Å². The number of hydrogen-bond acceptors (Lipinski definition) is 3. The van der Waals surface area contributed by atoms with Crippen molar-refractivity contribution in [2.45, 2.75) is 46.1 Å². The number of piperidine rings is 1. The molecule has 2 fully saturated rings. The highest BCUT2D eigenvalue weighted by molar-refractivity contribution is 14.0. The molecule has 0 radical (unpaired) electrons. The molecule has 2 aliphatic heterocycles. The minimum absolute atomic E-state index is 0. The van der Waals surface area contributed by atoms with Crippen LogP contribution in [-0.4, -0.2) is 55.6 Å². The number of likely N-dealkylation sites (tertiary alicyclic amines) is 1. The number of guanidine groups is 1. The van der Waals surface area contributed by atoms with Crippen LogP contribution in [0.5, 0.6) is 5.75 Å². The van der Waals surface area contributed by atoms with E-state index in [1.165, 1.54) is 5.56 Å². The molecule has 1 aromatic carbocycles. The highest BCUT2D eigenvalue weighted by atomic mass is 127. The Balaban J connectivity index is 0.00000280. The smallest absolute Gasteiger partial charge is 0.220 e. The molecule has 2 unspecified atom stereocenters. The van der Waals surface area contributed by atoms with Crippen molar-refractivity contribution in [3.05, 3.63) is 29.8 Å². The van der Waals surface area contributed by atoms with E-state index in [9.17, 15) is 4.79 Å². The maximum Gasteiger partial charge on any atom is 0.220 e. The maximum atomic E-state index is 11.7. The molecule has 28 heavy (non-hydrogen) atoms. The summed E-state index contributed by atoms with van der Waals surface area (Å²) in [5.41, 5.74) is 1.29. The number of nitrogens with one attached hydrogen (secondary N) is 2. The molecular weight excluding hydrogens is 467 g/mol. The third-order valence-electron chi connectivity index (χ3n) is 5.35. The van der Waals surface area contributed by atoms with Crippen LogP contribution in [0.4, 0.5) is 0 Å². The summed E-state index contributed by atoms with van der Waals surface area (Å²) in [7, 11) is 0. The third kappa shape index (κ3) is 5.99. The Labute approximate surface area is 185 Å². The third-order valence-corrected chi connectivity index (χ3v) is 5.35. The lowest BCUT2D eigenvalue weighted by Crippen LogP contribution is -2.51. The van der Waals surface area contributed by atoms with Crippen LogP contribution in [0.15, 0.2) is 29.3 Å². The minimum atomic E-state index is -0.00478. The number of ether oxygens (including phenoxy) is 1. The molecule has 0 aliphatic carbocycles. The van der Waals surface area contributed by atoms with E-state index >= 15 is 0 Å². The predicted molar refractivity (Wildman–Crippen MR) is 124 cm³/mol. The Kier molecular flexibility index (Phi) is 8.39. The summed E-state index contributed by atoms with van der Waals surface area (Å²) in [6.07, 6.45) is 2.83. The van der Waals surface area contributed by atoms with Gasteiger partial charge in [0.1, 0.15) is 11.9 Å². The molecule has 7 heteroatoms. The zero-order valence-corrected chi connectivity index (χ0v) is 19.5. The van der Waals surface area contributed by atoms with Gasteiger partial charge in [-0.15, -0.1) is 24.0 Å². The van der Waals surface area contributed by atoms with E-state index in [4.69, 9.17) is 9.73 Å². The SMILES string of the molecule is CCNC(=NCC(C)Oc1ccc(C)cc1)N1CCCC2(CNC(=O)C2)C1.I. The van der Waals surface area contributed by atoms with Gasteiger partial charge < -0.3 is 20.3 Å². The number of benzene rings is 1. The second-order valence-corrected chi connectivity index (χ2v) is 7.91. The monoisotopic (exact) mass is 500 g/mol. The van der Waals surface area contributed by atoms with Gasteiger partial charge in [0.25, 0.3) is 0 Å². The van der Waals surface area contributed by atoms with Gasteiger partial charge in [0.15, 0.2) is 5.96 Å². The number of rotatable bonds is 5. The molecule has 156 valence electrons. The standard InChI is InChI=1S/C21H32N4O2.HI/c1-4-22-20(23-13-17(3)27-18-8-6-16(2)7-9-18)25-11-5-10-21(15-25)12-19(26)24-14-21;/h6-9,17H,4-5,10-15H2,1-3H3,(H,22,23)(H,24,26);1H. The van der Waals surface area contributed by atoms with Crippen LogP contribution in [0.3, 0.4) is 0 Å². The predicted octanol–water partition coefficient (Wildman–Crippen LogP) is 2.95. The normalized spacial score (nSPS) is 23.2. The van der Waals surface area contributed by atoms with Crippen molar-refractivity contribution in [3.8, 4) is 5.75 Å². The first kappa shape index (κ1) is 22.8. The van der Waals surface area contributed by atoms with Gasteiger partial charge in [-0.1, -0.05) is 17.7 Å². The van der Waals surface area contributed by atoms with E-state index < -0.39 is 0 Å². The zero-order chi connectivity index (χ0) is 19.3. The lowest BCUT2D eigenvalue weighted by Gasteiger charge is -2.40. The van der Waals surface area contributed by atoms with E-state index in [1.807, 2.05) is 19.1 Å². The first-order valence-electron chi connectivity index (χ1n) is 10.0. The highest BCUT2D eigenvalue weighted by Crippen LogP contribution is 2.36. The van der Waals surface area contributed by atoms with E-state index in [0.29, 0.717) is 13.0 Å². The fraction of sp³-hybridized carbons (Fsp3) is 0.619. The topological polar surface area (TPSA) is 66.0 Å². The van der Waals surface area contributed by atoms with E-state index in [0.717, 1.165) is 50.7 Å². The molecule has 2 aliphatic rings. The number of nitrogens with zero attached hydrogens (tertiary/aromatic N) is 2.